The molecule has 184 valence electrons. The Kier molecular flexibility index (Phi) is 6.92. The van der Waals surface area contributed by atoms with Gasteiger partial charge in [0.1, 0.15) is 11.5 Å². The molecule has 0 aliphatic carbocycles. The van der Waals surface area contributed by atoms with Gasteiger partial charge in [0.2, 0.25) is 0 Å². The number of nitrogens with zero attached hydrogens (tertiary/aromatic N) is 1. The third kappa shape index (κ3) is 4.47. The number of benzene rings is 3. The zero-order chi connectivity index (χ0) is 26.0. The molecule has 7 heteroatoms. The highest BCUT2D eigenvalue weighted by molar-refractivity contribution is 6.51. The van der Waals surface area contributed by atoms with Crippen molar-refractivity contribution in [3.8, 4) is 5.75 Å². The molecule has 3 aromatic carbocycles. The van der Waals surface area contributed by atoms with Gasteiger partial charge in [-0.1, -0.05) is 35.9 Å². The van der Waals surface area contributed by atoms with E-state index in [1.807, 2.05) is 25.1 Å². The van der Waals surface area contributed by atoms with Crippen LogP contribution in [-0.4, -0.2) is 36.5 Å². The minimum atomic E-state index is -0.899. The van der Waals surface area contributed by atoms with Gasteiger partial charge >= 0.3 is 5.97 Å². The van der Waals surface area contributed by atoms with Crippen LogP contribution < -0.4 is 9.64 Å². The summed E-state index contributed by atoms with van der Waals surface area (Å²) in [4.78, 5) is 40.5. The number of ether oxygens (including phenoxy) is 2. The van der Waals surface area contributed by atoms with Crippen LogP contribution in [0.25, 0.3) is 5.76 Å². The Morgan fingerprint density at radius 2 is 1.75 bits per heavy atom. The fourth-order valence-corrected chi connectivity index (χ4v) is 4.43. The number of carbonyl (C=O) groups excluding carboxylic acids is 3. The monoisotopic (exact) mass is 485 g/mol. The van der Waals surface area contributed by atoms with Gasteiger partial charge in [-0.2, -0.15) is 0 Å². The van der Waals surface area contributed by atoms with Gasteiger partial charge in [-0.25, -0.2) is 4.79 Å². The zero-order valence-electron chi connectivity index (χ0n) is 20.6. The number of carbonyl (C=O) groups is 3. The maximum atomic E-state index is 13.4. The van der Waals surface area contributed by atoms with Gasteiger partial charge in [0.25, 0.3) is 11.7 Å². The van der Waals surface area contributed by atoms with Crippen molar-refractivity contribution >= 4 is 29.1 Å². The molecule has 1 aliphatic rings. The average Bonchev–Trinajstić information content (AvgIpc) is 3.14. The summed E-state index contributed by atoms with van der Waals surface area (Å²) in [5.74, 6) is -1.80. The van der Waals surface area contributed by atoms with Gasteiger partial charge in [0.15, 0.2) is 0 Å². The van der Waals surface area contributed by atoms with Gasteiger partial charge < -0.3 is 14.6 Å². The summed E-state index contributed by atoms with van der Waals surface area (Å²) < 4.78 is 10.4. The van der Waals surface area contributed by atoms with E-state index < -0.39 is 23.7 Å². The van der Waals surface area contributed by atoms with Gasteiger partial charge in [0.05, 0.1) is 30.9 Å². The molecule has 0 spiro atoms. The summed E-state index contributed by atoms with van der Waals surface area (Å²) in [6.07, 6.45) is 0. The lowest BCUT2D eigenvalue weighted by Crippen LogP contribution is -2.29. The normalized spacial score (nSPS) is 16.8. The smallest absolute Gasteiger partial charge is 0.338 e. The molecule has 1 atom stereocenters. The van der Waals surface area contributed by atoms with Crippen molar-refractivity contribution in [3.05, 3.63) is 100 Å². The molecule has 0 bridgehead atoms. The second kappa shape index (κ2) is 10.1. The standard InChI is InChI=1S/C29H27NO6/c1-5-36-29(34)20-10-7-11-21(16-20)30-25(19-9-6-8-17(2)14-19)24(27(32)28(30)33)26(31)23-13-12-22(35-4)15-18(23)3/h6-16,25,31H,5H2,1-4H3/b26-24-. The maximum absolute atomic E-state index is 13.4. The van der Waals surface area contributed by atoms with Crippen molar-refractivity contribution in [2.24, 2.45) is 0 Å². The van der Waals surface area contributed by atoms with Gasteiger partial charge in [-0.3, -0.25) is 14.5 Å². The molecule has 4 rings (SSSR count). The molecule has 1 unspecified atom stereocenters. The Labute approximate surface area is 209 Å². The minimum absolute atomic E-state index is 0.0274. The number of esters is 1. The van der Waals surface area contributed by atoms with Gasteiger partial charge in [-0.15, -0.1) is 0 Å². The molecule has 0 aromatic heterocycles. The first-order valence-corrected chi connectivity index (χ1v) is 11.6. The summed E-state index contributed by atoms with van der Waals surface area (Å²) in [5, 5.41) is 11.4. The topological polar surface area (TPSA) is 93.1 Å². The quantitative estimate of drug-likeness (QED) is 0.226. The number of rotatable bonds is 6. The second-order valence-corrected chi connectivity index (χ2v) is 8.53. The number of anilines is 1. The van der Waals surface area contributed by atoms with Crippen molar-refractivity contribution in [1.29, 1.82) is 0 Å². The van der Waals surface area contributed by atoms with E-state index in [0.29, 0.717) is 28.1 Å². The molecule has 1 fully saturated rings. The number of hydrogen-bond acceptors (Lipinski definition) is 6. The van der Waals surface area contributed by atoms with E-state index >= 15 is 0 Å². The number of aliphatic hydroxyl groups is 1. The third-order valence-corrected chi connectivity index (χ3v) is 6.13. The van der Waals surface area contributed by atoms with Crippen LogP contribution in [0.3, 0.4) is 0 Å². The number of Topliss-reactive ketones (excluding diaryl/α,β-unsaturated/α-hetero) is 1. The highest BCUT2D eigenvalue weighted by Gasteiger charge is 2.47. The Morgan fingerprint density at radius 1 is 1.00 bits per heavy atom. The van der Waals surface area contributed by atoms with Crippen molar-refractivity contribution in [3.63, 3.8) is 0 Å². The van der Waals surface area contributed by atoms with Crippen LogP contribution in [0.15, 0.2) is 72.3 Å². The first-order chi connectivity index (χ1) is 17.3. The predicted molar refractivity (Wildman–Crippen MR) is 136 cm³/mol. The molecule has 36 heavy (non-hydrogen) atoms. The molecular weight excluding hydrogens is 458 g/mol. The Balaban J connectivity index is 1.93. The number of aryl methyl sites for hydroxylation is 2. The minimum Gasteiger partial charge on any atom is -0.507 e. The maximum Gasteiger partial charge on any atom is 0.338 e. The van der Waals surface area contributed by atoms with Crippen molar-refractivity contribution < 1.29 is 29.0 Å². The van der Waals surface area contributed by atoms with E-state index in [4.69, 9.17) is 9.47 Å². The molecule has 0 radical (unpaired) electrons. The molecule has 1 saturated heterocycles. The van der Waals surface area contributed by atoms with E-state index in [9.17, 15) is 19.5 Å². The Morgan fingerprint density at radius 3 is 2.42 bits per heavy atom. The lowest BCUT2D eigenvalue weighted by Gasteiger charge is -2.26. The number of ketones is 1. The van der Waals surface area contributed by atoms with Gasteiger partial charge in [-0.05, 0) is 68.3 Å². The fourth-order valence-electron chi connectivity index (χ4n) is 4.43. The summed E-state index contributed by atoms with van der Waals surface area (Å²) in [7, 11) is 1.54. The van der Waals surface area contributed by atoms with Crippen LogP contribution >= 0.6 is 0 Å². The highest BCUT2D eigenvalue weighted by Crippen LogP contribution is 2.43. The van der Waals surface area contributed by atoms with Crippen molar-refractivity contribution in [1.82, 2.24) is 0 Å². The summed E-state index contributed by atoms with van der Waals surface area (Å²) >= 11 is 0. The number of methoxy groups -OCH3 is 1. The second-order valence-electron chi connectivity index (χ2n) is 8.53. The number of hydrogen-bond donors (Lipinski definition) is 1. The fraction of sp³-hybridized carbons (Fsp3) is 0.207. The highest BCUT2D eigenvalue weighted by atomic mass is 16.5. The summed E-state index contributed by atoms with van der Waals surface area (Å²) in [6, 6.07) is 18.0. The van der Waals surface area contributed by atoms with Gasteiger partial charge in [0, 0.05) is 11.3 Å². The van der Waals surface area contributed by atoms with Crippen molar-refractivity contribution in [2.45, 2.75) is 26.8 Å². The Bertz CT molecular complexity index is 1390. The van der Waals surface area contributed by atoms with Crippen LogP contribution in [-0.2, 0) is 14.3 Å². The molecule has 1 N–H and O–H groups in total. The first kappa shape index (κ1) is 24.7. The number of aliphatic hydroxyl groups excluding tert-OH is 1. The van der Waals surface area contributed by atoms with Crippen LogP contribution in [0.5, 0.6) is 5.75 Å². The van der Waals surface area contributed by atoms with Crippen LogP contribution in [0.4, 0.5) is 5.69 Å². The van der Waals surface area contributed by atoms with E-state index in [2.05, 4.69) is 0 Å². The summed E-state index contributed by atoms with van der Waals surface area (Å²) in [5.41, 5.74) is 3.27. The molecule has 3 aromatic rings. The largest absolute Gasteiger partial charge is 0.507 e. The van der Waals surface area contributed by atoms with Crippen molar-refractivity contribution in [2.75, 3.05) is 18.6 Å². The molecule has 1 aliphatic heterocycles. The molecule has 1 heterocycles. The molecule has 0 saturated carbocycles. The van der Waals surface area contributed by atoms with Crippen LogP contribution in [0.2, 0.25) is 0 Å². The lowest BCUT2D eigenvalue weighted by atomic mass is 9.93. The van der Waals surface area contributed by atoms with E-state index in [-0.39, 0.29) is 23.5 Å². The zero-order valence-corrected chi connectivity index (χ0v) is 20.6. The lowest BCUT2D eigenvalue weighted by molar-refractivity contribution is -0.132. The summed E-state index contributed by atoms with van der Waals surface area (Å²) in [6.45, 7) is 5.61. The van der Waals surface area contributed by atoms with E-state index in [0.717, 1.165) is 5.56 Å². The molecule has 7 nitrogen and oxygen atoms in total. The average molecular weight is 486 g/mol. The van der Waals surface area contributed by atoms with E-state index in [1.54, 1.807) is 63.4 Å². The predicted octanol–water partition coefficient (Wildman–Crippen LogP) is 5.12. The van der Waals surface area contributed by atoms with Crippen LogP contribution in [0, 0.1) is 13.8 Å². The first-order valence-electron chi connectivity index (χ1n) is 11.6. The van der Waals surface area contributed by atoms with E-state index in [1.165, 1.54) is 11.0 Å². The SMILES string of the molecule is CCOC(=O)c1cccc(N2C(=O)C(=O)/C(=C(\O)c3ccc(OC)cc3C)C2c2cccc(C)c2)c1. The molecular formula is C29H27NO6. The Hall–Kier alpha value is -4.39. The number of amides is 1. The van der Waals surface area contributed by atoms with Crippen LogP contribution in [0.1, 0.15) is 45.6 Å². The molecule has 1 amide bonds. The third-order valence-electron chi connectivity index (χ3n) is 6.13.